The number of rotatable bonds is 6. The van der Waals surface area contributed by atoms with Crippen LogP contribution in [0.15, 0.2) is 47.4 Å². The lowest BCUT2D eigenvalue weighted by Gasteiger charge is -2.17. The number of anilines is 1. The quantitative estimate of drug-likeness (QED) is 0.679. The number of nitrogens with one attached hydrogen (secondary N) is 2. The van der Waals surface area contributed by atoms with E-state index in [2.05, 4.69) is 5.32 Å². The zero-order valence-corrected chi connectivity index (χ0v) is 18.0. The van der Waals surface area contributed by atoms with Crippen LogP contribution in [0.4, 0.5) is 18.9 Å². The third kappa shape index (κ3) is 5.65. The van der Waals surface area contributed by atoms with Gasteiger partial charge in [0.2, 0.25) is 10.0 Å². The van der Waals surface area contributed by atoms with Gasteiger partial charge in [-0.25, -0.2) is 8.42 Å². The number of carbonyl (C=O) groups excluding carboxylic acids is 2. The minimum atomic E-state index is -4.54. The topological polar surface area (TPSA) is 95.6 Å². The number of halogens is 3. The molecule has 0 spiro atoms. The molecule has 1 saturated heterocycles. The Kier molecular flexibility index (Phi) is 6.89. The van der Waals surface area contributed by atoms with Crippen LogP contribution in [-0.2, 0) is 10.0 Å². The van der Waals surface area contributed by atoms with Crippen LogP contribution < -0.4 is 10.6 Å². The Morgan fingerprint density at radius 2 is 1.72 bits per heavy atom. The molecule has 0 radical (unpaired) electrons. The monoisotopic (exact) mass is 469 g/mol. The molecule has 1 fully saturated rings. The van der Waals surface area contributed by atoms with E-state index in [1.54, 1.807) is 18.3 Å². The van der Waals surface area contributed by atoms with E-state index in [0.29, 0.717) is 18.7 Å². The molecule has 1 aliphatic heterocycles. The normalized spacial score (nSPS) is 14.9. The summed E-state index contributed by atoms with van der Waals surface area (Å²) < 4.78 is 63.9. The second-order valence-corrected chi connectivity index (χ2v) is 9.36. The molecule has 0 atom stereocenters. The van der Waals surface area contributed by atoms with Crippen molar-refractivity contribution in [2.45, 2.75) is 30.8 Å². The van der Waals surface area contributed by atoms with Gasteiger partial charge in [0.25, 0.3) is 11.8 Å². The molecule has 0 unspecified atom stereocenters. The summed E-state index contributed by atoms with van der Waals surface area (Å²) in [6.45, 7) is 1.05. The number of amides is 2. The van der Waals surface area contributed by atoms with Crippen LogP contribution in [0.3, 0.4) is 0 Å². The first-order valence-electron chi connectivity index (χ1n) is 9.84. The van der Waals surface area contributed by atoms with Crippen molar-refractivity contribution in [2.75, 3.05) is 25.0 Å². The summed E-state index contributed by atoms with van der Waals surface area (Å²) in [7, 11) is -3.71. The van der Waals surface area contributed by atoms with Crippen molar-refractivity contribution in [3.63, 3.8) is 0 Å². The smallest absolute Gasteiger partial charge is 0.343 e. The summed E-state index contributed by atoms with van der Waals surface area (Å²) in [5.74, 6) is -1.54. The Bertz CT molecular complexity index is 1130. The molecular weight excluding hydrogens is 447 g/mol. The molecular formula is C21H22F3N3O4S. The molecule has 7 nitrogen and oxygen atoms in total. The van der Waals surface area contributed by atoms with Crippen molar-refractivity contribution < 1.29 is 31.2 Å². The van der Waals surface area contributed by atoms with Crippen molar-refractivity contribution >= 4 is 27.5 Å². The van der Waals surface area contributed by atoms with E-state index in [0.717, 1.165) is 12.8 Å². The molecule has 172 valence electrons. The van der Waals surface area contributed by atoms with Crippen LogP contribution in [0.5, 0.6) is 0 Å². The molecule has 0 aliphatic carbocycles. The highest BCUT2D eigenvalue weighted by molar-refractivity contribution is 7.89. The standard InChI is InChI=1S/C21H22F3N3O4S/c1-14-7-8-17(32(30,31)27-9-2-3-10-27)12-18(14)20(29)26-16-6-4-5-15(11-16)19(28)25-13-21(22,23)24/h4-8,11-12H,2-3,9-10,13H2,1H3,(H,25,28)(H,26,29). The molecule has 1 aliphatic rings. The molecule has 0 bridgehead atoms. The molecule has 32 heavy (non-hydrogen) atoms. The fourth-order valence-electron chi connectivity index (χ4n) is 3.30. The van der Waals surface area contributed by atoms with Crippen LogP contribution >= 0.6 is 0 Å². The summed E-state index contributed by atoms with van der Waals surface area (Å²) in [5.41, 5.74) is 0.801. The Labute approximate surface area is 183 Å². The summed E-state index contributed by atoms with van der Waals surface area (Å²) >= 11 is 0. The van der Waals surface area contributed by atoms with Gasteiger partial charge in [-0.3, -0.25) is 9.59 Å². The SMILES string of the molecule is Cc1ccc(S(=O)(=O)N2CCCC2)cc1C(=O)Nc1cccc(C(=O)NCC(F)(F)F)c1. The maximum absolute atomic E-state index is 12.8. The third-order valence-electron chi connectivity index (χ3n) is 4.99. The van der Waals surface area contributed by atoms with Gasteiger partial charge in [0.05, 0.1) is 4.90 Å². The van der Waals surface area contributed by atoms with Gasteiger partial charge >= 0.3 is 6.18 Å². The van der Waals surface area contributed by atoms with E-state index < -0.39 is 34.6 Å². The average molecular weight is 469 g/mol. The van der Waals surface area contributed by atoms with Gasteiger partial charge in [-0.05, 0) is 55.7 Å². The summed E-state index contributed by atoms with van der Waals surface area (Å²) in [6, 6.07) is 9.74. The van der Waals surface area contributed by atoms with Gasteiger partial charge in [0.15, 0.2) is 0 Å². The minimum absolute atomic E-state index is 0.00966. The van der Waals surface area contributed by atoms with Gasteiger partial charge in [-0.15, -0.1) is 0 Å². The first kappa shape index (κ1) is 23.7. The molecule has 2 amide bonds. The lowest BCUT2D eigenvalue weighted by atomic mass is 10.1. The zero-order chi connectivity index (χ0) is 23.5. The van der Waals surface area contributed by atoms with Crippen LogP contribution in [0.25, 0.3) is 0 Å². The molecule has 0 saturated carbocycles. The molecule has 2 aromatic carbocycles. The van der Waals surface area contributed by atoms with E-state index in [1.165, 1.54) is 40.7 Å². The lowest BCUT2D eigenvalue weighted by Crippen LogP contribution is -2.33. The van der Waals surface area contributed by atoms with Crippen LogP contribution in [0.1, 0.15) is 39.1 Å². The zero-order valence-electron chi connectivity index (χ0n) is 17.2. The van der Waals surface area contributed by atoms with Crippen LogP contribution in [0, 0.1) is 6.92 Å². The Hall–Kier alpha value is -2.92. The van der Waals surface area contributed by atoms with Gasteiger partial charge in [-0.2, -0.15) is 17.5 Å². The van der Waals surface area contributed by atoms with Crippen molar-refractivity contribution in [1.29, 1.82) is 0 Å². The maximum Gasteiger partial charge on any atom is 0.405 e. The molecule has 0 aromatic heterocycles. The number of aryl methyl sites for hydroxylation is 1. The van der Waals surface area contributed by atoms with Crippen molar-refractivity contribution in [3.05, 3.63) is 59.2 Å². The first-order valence-corrected chi connectivity index (χ1v) is 11.3. The van der Waals surface area contributed by atoms with E-state index in [9.17, 15) is 31.2 Å². The average Bonchev–Trinajstić information content (AvgIpc) is 3.27. The highest BCUT2D eigenvalue weighted by Gasteiger charge is 2.29. The third-order valence-corrected chi connectivity index (χ3v) is 6.88. The fourth-order valence-corrected chi connectivity index (χ4v) is 4.85. The van der Waals surface area contributed by atoms with E-state index in [4.69, 9.17) is 0 Å². The Balaban J connectivity index is 1.78. The number of hydrogen-bond acceptors (Lipinski definition) is 4. The predicted octanol–water partition coefficient (Wildman–Crippen LogP) is 3.32. The number of benzene rings is 2. The molecule has 2 aromatic rings. The number of hydrogen-bond donors (Lipinski definition) is 2. The molecule has 3 rings (SSSR count). The Morgan fingerprint density at radius 3 is 2.38 bits per heavy atom. The van der Waals surface area contributed by atoms with Gasteiger partial charge < -0.3 is 10.6 Å². The summed E-state index contributed by atoms with van der Waals surface area (Å²) in [6.07, 6.45) is -2.98. The summed E-state index contributed by atoms with van der Waals surface area (Å²) in [4.78, 5) is 24.8. The molecule has 11 heteroatoms. The van der Waals surface area contributed by atoms with Gasteiger partial charge in [0, 0.05) is 29.9 Å². The molecule has 2 N–H and O–H groups in total. The Morgan fingerprint density at radius 1 is 1.03 bits per heavy atom. The maximum atomic E-state index is 12.8. The number of alkyl halides is 3. The number of nitrogens with zero attached hydrogens (tertiary/aromatic N) is 1. The minimum Gasteiger partial charge on any atom is -0.343 e. The second kappa shape index (κ2) is 9.29. The van der Waals surface area contributed by atoms with Crippen molar-refractivity contribution in [3.8, 4) is 0 Å². The highest BCUT2D eigenvalue weighted by atomic mass is 32.2. The first-order chi connectivity index (χ1) is 15.0. The van der Waals surface area contributed by atoms with E-state index >= 15 is 0 Å². The van der Waals surface area contributed by atoms with Crippen molar-refractivity contribution in [2.24, 2.45) is 0 Å². The fraction of sp³-hybridized carbons (Fsp3) is 0.333. The van der Waals surface area contributed by atoms with Crippen molar-refractivity contribution in [1.82, 2.24) is 9.62 Å². The largest absolute Gasteiger partial charge is 0.405 e. The number of carbonyl (C=O) groups is 2. The number of sulfonamides is 1. The second-order valence-electron chi connectivity index (χ2n) is 7.42. The van der Waals surface area contributed by atoms with E-state index in [1.807, 2.05) is 0 Å². The van der Waals surface area contributed by atoms with Crippen LogP contribution in [-0.4, -0.2) is 50.3 Å². The highest BCUT2D eigenvalue weighted by Crippen LogP contribution is 2.24. The predicted molar refractivity (Wildman–Crippen MR) is 112 cm³/mol. The van der Waals surface area contributed by atoms with Gasteiger partial charge in [0.1, 0.15) is 6.54 Å². The van der Waals surface area contributed by atoms with Crippen LogP contribution in [0.2, 0.25) is 0 Å². The van der Waals surface area contributed by atoms with E-state index in [-0.39, 0.29) is 21.7 Å². The van der Waals surface area contributed by atoms with Gasteiger partial charge in [-0.1, -0.05) is 12.1 Å². The summed E-state index contributed by atoms with van der Waals surface area (Å²) in [5, 5.41) is 4.33. The molecule has 1 heterocycles. The lowest BCUT2D eigenvalue weighted by molar-refractivity contribution is -0.123.